The number of hydrogen-bond acceptors (Lipinski definition) is 4. The molecule has 1 N–H and O–H groups in total. The summed E-state index contributed by atoms with van der Waals surface area (Å²) in [4.78, 5) is 11.5. The van der Waals surface area contributed by atoms with E-state index in [1.807, 2.05) is 9.78 Å². The number of carbonyl (C=O) groups is 1. The maximum absolute atomic E-state index is 10.8. The summed E-state index contributed by atoms with van der Waals surface area (Å²) >= 11 is 1.52. The van der Waals surface area contributed by atoms with Crippen LogP contribution in [0, 0.1) is 13.8 Å². The molecule has 2 heterocycles. The number of hydrogen-bond donors (Lipinski definition) is 1. The number of rotatable bonds is 4. The van der Waals surface area contributed by atoms with E-state index in [4.69, 9.17) is 5.11 Å². The van der Waals surface area contributed by atoms with Crippen molar-refractivity contribution in [3.05, 3.63) is 40.5 Å². The molecule has 0 fully saturated rings. The molecule has 21 heavy (non-hydrogen) atoms. The minimum absolute atomic E-state index is 0.0585. The van der Waals surface area contributed by atoms with E-state index in [2.05, 4.69) is 42.2 Å². The number of thiazole rings is 1. The Hall–Kier alpha value is -2.21. The highest BCUT2D eigenvalue weighted by Gasteiger charge is 2.14. The zero-order valence-electron chi connectivity index (χ0n) is 11.8. The third kappa shape index (κ3) is 2.54. The lowest BCUT2D eigenvalue weighted by atomic mass is 10.0. The molecule has 0 aliphatic carbocycles. The summed E-state index contributed by atoms with van der Waals surface area (Å²) in [6.07, 6.45) is 0.439. The molecule has 0 saturated carbocycles. The highest BCUT2D eigenvalue weighted by molar-refractivity contribution is 7.15. The standard InChI is InChI=1S/C15H15N3O2S/c1-9-3-4-11(7-10(9)2)12-8-21-15-17-16-13(18(12)15)5-6-14(19)20/h3-4,7-8H,5-6H2,1-2H3,(H,19,20). The van der Waals surface area contributed by atoms with Gasteiger partial charge in [0.15, 0.2) is 0 Å². The Balaban J connectivity index is 2.07. The Labute approximate surface area is 125 Å². The van der Waals surface area contributed by atoms with E-state index in [-0.39, 0.29) is 6.42 Å². The molecule has 1 aromatic carbocycles. The molecule has 108 valence electrons. The second-order valence-electron chi connectivity index (χ2n) is 5.05. The Morgan fingerprint density at radius 2 is 2.10 bits per heavy atom. The first-order valence-electron chi connectivity index (χ1n) is 6.67. The predicted molar refractivity (Wildman–Crippen MR) is 81.7 cm³/mol. The van der Waals surface area contributed by atoms with Crippen LogP contribution >= 0.6 is 11.3 Å². The molecule has 0 aliphatic heterocycles. The van der Waals surface area contributed by atoms with Crippen molar-refractivity contribution in [2.75, 3.05) is 0 Å². The zero-order chi connectivity index (χ0) is 15.0. The third-order valence-corrected chi connectivity index (χ3v) is 4.40. The summed E-state index contributed by atoms with van der Waals surface area (Å²) in [6.45, 7) is 4.17. The van der Waals surface area contributed by atoms with E-state index in [1.54, 1.807) is 0 Å². The smallest absolute Gasteiger partial charge is 0.303 e. The fraction of sp³-hybridized carbons (Fsp3) is 0.267. The molecular weight excluding hydrogens is 286 g/mol. The lowest BCUT2D eigenvalue weighted by Crippen LogP contribution is -2.02. The first-order chi connectivity index (χ1) is 10.1. The third-order valence-electron chi connectivity index (χ3n) is 3.58. The minimum atomic E-state index is -0.824. The van der Waals surface area contributed by atoms with E-state index in [0.29, 0.717) is 12.2 Å². The van der Waals surface area contributed by atoms with Crippen LogP contribution in [0.3, 0.4) is 0 Å². The Bertz CT molecular complexity index is 820. The number of aliphatic carboxylic acids is 1. The molecule has 3 aromatic rings. The van der Waals surface area contributed by atoms with Crippen LogP contribution < -0.4 is 0 Å². The van der Waals surface area contributed by atoms with Crippen LogP contribution in [-0.4, -0.2) is 25.7 Å². The van der Waals surface area contributed by atoms with Gasteiger partial charge in [0.1, 0.15) is 5.82 Å². The SMILES string of the molecule is Cc1ccc(-c2csc3nnc(CCC(=O)O)n23)cc1C. The van der Waals surface area contributed by atoms with Gasteiger partial charge < -0.3 is 5.11 Å². The summed E-state index contributed by atoms with van der Waals surface area (Å²) in [5, 5.41) is 19.1. The highest BCUT2D eigenvalue weighted by atomic mass is 32.1. The lowest BCUT2D eigenvalue weighted by molar-refractivity contribution is -0.137. The van der Waals surface area contributed by atoms with Crippen LogP contribution in [-0.2, 0) is 11.2 Å². The van der Waals surface area contributed by atoms with Crippen molar-refractivity contribution >= 4 is 22.3 Å². The zero-order valence-corrected chi connectivity index (χ0v) is 12.6. The van der Waals surface area contributed by atoms with Crippen molar-refractivity contribution in [3.63, 3.8) is 0 Å². The minimum Gasteiger partial charge on any atom is -0.481 e. The van der Waals surface area contributed by atoms with Gasteiger partial charge in [-0.05, 0) is 36.6 Å². The number of carboxylic acid groups (broad SMARTS) is 1. The van der Waals surface area contributed by atoms with Crippen molar-refractivity contribution in [2.24, 2.45) is 0 Å². The van der Waals surface area contributed by atoms with E-state index in [9.17, 15) is 4.79 Å². The second-order valence-corrected chi connectivity index (χ2v) is 5.88. The van der Waals surface area contributed by atoms with Crippen molar-refractivity contribution in [2.45, 2.75) is 26.7 Å². The molecule has 0 unspecified atom stereocenters. The summed E-state index contributed by atoms with van der Waals surface area (Å²) in [5.74, 6) is -0.128. The number of nitrogens with zero attached hydrogens (tertiary/aromatic N) is 3. The van der Waals surface area contributed by atoms with Gasteiger partial charge >= 0.3 is 5.97 Å². The van der Waals surface area contributed by atoms with Crippen LogP contribution in [0.5, 0.6) is 0 Å². The molecule has 6 heteroatoms. The van der Waals surface area contributed by atoms with E-state index in [1.165, 1.54) is 22.5 Å². The van der Waals surface area contributed by atoms with Crippen molar-refractivity contribution in [1.29, 1.82) is 0 Å². The van der Waals surface area contributed by atoms with E-state index < -0.39 is 5.97 Å². The molecule has 0 atom stereocenters. The summed E-state index contributed by atoms with van der Waals surface area (Å²) in [5.41, 5.74) is 4.59. The van der Waals surface area contributed by atoms with Crippen LogP contribution in [0.1, 0.15) is 23.4 Å². The molecule has 0 bridgehead atoms. The van der Waals surface area contributed by atoms with Gasteiger partial charge in [-0.2, -0.15) is 0 Å². The Kier molecular flexibility index (Phi) is 3.47. The summed E-state index contributed by atoms with van der Waals surface area (Å²) < 4.78 is 1.96. The lowest BCUT2D eigenvalue weighted by Gasteiger charge is -2.05. The summed E-state index contributed by atoms with van der Waals surface area (Å²) in [7, 11) is 0. The quantitative estimate of drug-likeness (QED) is 0.804. The number of aromatic nitrogens is 3. The average molecular weight is 301 g/mol. The number of carboxylic acids is 1. The van der Waals surface area contributed by atoms with Crippen molar-refractivity contribution in [3.8, 4) is 11.3 Å². The molecule has 0 amide bonds. The fourth-order valence-corrected chi connectivity index (χ4v) is 3.11. The maximum atomic E-state index is 10.8. The highest BCUT2D eigenvalue weighted by Crippen LogP contribution is 2.28. The molecule has 5 nitrogen and oxygen atoms in total. The van der Waals surface area contributed by atoms with Gasteiger partial charge in [0.2, 0.25) is 4.96 Å². The molecular formula is C15H15N3O2S. The van der Waals surface area contributed by atoms with Gasteiger partial charge in [-0.1, -0.05) is 12.1 Å². The van der Waals surface area contributed by atoms with Gasteiger partial charge in [-0.15, -0.1) is 21.5 Å². The van der Waals surface area contributed by atoms with Crippen LogP contribution in [0.2, 0.25) is 0 Å². The second kappa shape index (κ2) is 5.29. The number of benzene rings is 1. The molecule has 0 aliphatic rings. The van der Waals surface area contributed by atoms with Gasteiger partial charge in [0.25, 0.3) is 0 Å². The van der Waals surface area contributed by atoms with Gasteiger partial charge in [-0.3, -0.25) is 9.20 Å². The first-order valence-corrected chi connectivity index (χ1v) is 7.55. The molecule has 0 spiro atoms. The average Bonchev–Trinajstić information content (AvgIpc) is 3.01. The Morgan fingerprint density at radius 3 is 2.81 bits per heavy atom. The number of fused-ring (bicyclic) bond motifs is 1. The molecule has 0 radical (unpaired) electrons. The normalized spacial score (nSPS) is 11.1. The van der Waals surface area contributed by atoms with E-state index >= 15 is 0 Å². The Morgan fingerprint density at radius 1 is 1.29 bits per heavy atom. The number of aryl methyl sites for hydroxylation is 3. The molecule has 0 saturated heterocycles. The predicted octanol–water partition coefficient (Wildman–Crippen LogP) is 3.09. The van der Waals surface area contributed by atoms with Crippen molar-refractivity contribution in [1.82, 2.24) is 14.6 Å². The van der Waals surface area contributed by atoms with Crippen LogP contribution in [0.15, 0.2) is 23.6 Å². The van der Waals surface area contributed by atoms with Gasteiger partial charge in [0.05, 0.1) is 12.1 Å². The fourth-order valence-electron chi connectivity index (χ4n) is 2.26. The van der Waals surface area contributed by atoms with Gasteiger partial charge in [0, 0.05) is 11.8 Å². The first kappa shape index (κ1) is 13.8. The van der Waals surface area contributed by atoms with Gasteiger partial charge in [-0.25, -0.2) is 0 Å². The van der Waals surface area contributed by atoms with Crippen molar-refractivity contribution < 1.29 is 9.90 Å². The van der Waals surface area contributed by atoms with Crippen LogP contribution in [0.4, 0.5) is 0 Å². The molecule has 3 rings (SSSR count). The monoisotopic (exact) mass is 301 g/mol. The topological polar surface area (TPSA) is 67.5 Å². The summed E-state index contributed by atoms with van der Waals surface area (Å²) in [6, 6.07) is 6.30. The van der Waals surface area contributed by atoms with E-state index in [0.717, 1.165) is 16.2 Å². The maximum Gasteiger partial charge on any atom is 0.303 e. The molecule has 2 aromatic heterocycles. The van der Waals surface area contributed by atoms with Crippen LogP contribution in [0.25, 0.3) is 16.2 Å². The largest absolute Gasteiger partial charge is 0.481 e.